The van der Waals surface area contributed by atoms with Crippen LogP contribution in [0, 0.1) is 17.8 Å². The second-order valence-electron chi connectivity index (χ2n) is 7.24. The first-order valence-electron chi connectivity index (χ1n) is 7.93. The van der Waals surface area contributed by atoms with E-state index in [0.29, 0.717) is 17.4 Å². The molecule has 0 N–H and O–H groups in total. The number of hydrogen-bond donors (Lipinski definition) is 0. The molecule has 4 aliphatic rings. The molecule has 4 fully saturated rings. The van der Waals surface area contributed by atoms with Crippen molar-refractivity contribution in [1.29, 1.82) is 0 Å². The average molecular weight is 278 g/mol. The minimum absolute atomic E-state index is 0.0613. The van der Waals surface area contributed by atoms with Gasteiger partial charge >= 0.3 is 5.97 Å². The Morgan fingerprint density at radius 1 is 1.20 bits per heavy atom. The van der Waals surface area contributed by atoms with E-state index in [2.05, 4.69) is 20.4 Å². The molecular formula is C17H26O3. The van der Waals surface area contributed by atoms with E-state index in [9.17, 15) is 4.79 Å². The molecule has 0 aromatic carbocycles. The summed E-state index contributed by atoms with van der Waals surface area (Å²) in [7, 11) is 0. The van der Waals surface area contributed by atoms with Crippen LogP contribution in [0.3, 0.4) is 0 Å². The van der Waals surface area contributed by atoms with Crippen LogP contribution in [-0.4, -0.2) is 23.8 Å². The van der Waals surface area contributed by atoms with Crippen molar-refractivity contribution in [3.05, 3.63) is 12.2 Å². The Morgan fingerprint density at radius 2 is 1.75 bits per heavy atom. The third-order valence-electron chi connectivity index (χ3n) is 5.86. The third kappa shape index (κ3) is 1.93. The van der Waals surface area contributed by atoms with E-state index in [1.807, 2.05) is 0 Å². The Hall–Kier alpha value is -0.830. The fraction of sp³-hybridized carbons (Fsp3) is 0.824. The van der Waals surface area contributed by atoms with Crippen LogP contribution in [0.5, 0.6) is 0 Å². The Labute approximate surface area is 121 Å². The number of carbonyl (C=O) groups is 1. The van der Waals surface area contributed by atoms with E-state index in [4.69, 9.17) is 9.47 Å². The first-order chi connectivity index (χ1) is 9.41. The van der Waals surface area contributed by atoms with E-state index in [1.165, 1.54) is 6.42 Å². The minimum atomic E-state index is -0.310. The highest BCUT2D eigenvalue weighted by Gasteiger charge is 2.64. The van der Waals surface area contributed by atoms with Crippen molar-refractivity contribution in [2.24, 2.45) is 17.8 Å². The van der Waals surface area contributed by atoms with Crippen LogP contribution >= 0.6 is 0 Å². The van der Waals surface area contributed by atoms with Crippen molar-refractivity contribution < 1.29 is 14.3 Å². The number of esters is 1. The SMILES string of the molecule is C=C(C)C(=O)OC12CC3CC(CC(OCC)(C3)C1C)C2. The highest BCUT2D eigenvalue weighted by molar-refractivity contribution is 5.87. The number of carbonyl (C=O) groups excluding carboxylic acids is 1. The lowest BCUT2D eigenvalue weighted by molar-refractivity contribution is -0.263. The maximum atomic E-state index is 12.1. The van der Waals surface area contributed by atoms with Crippen LogP contribution in [-0.2, 0) is 14.3 Å². The monoisotopic (exact) mass is 278 g/mol. The largest absolute Gasteiger partial charge is 0.455 e. The maximum absolute atomic E-state index is 12.1. The molecule has 3 unspecified atom stereocenters. The van der Waals surface area contributed by atoms with Gasteiger partial charge in [0.2, 0.25) is 0 Å². The summed E-state index contributed by atoms with van der Waals surface area (Å²) in [4.78, 5) is 12.1. The third-order valence-corrected chi connectivity index (χ3v) is 5.86. The molecule has 3 heteroatoms. The normalized spacial score (nSPS) is 45.5. The predicted octanol–water partition coefficient (Wildman–Crippen LogP) is 3.48. The summed E-state index contributed by atoms with van der Waals surface area (Å²) in [5, 5.41) is 0. The molecule has 4 rings (SSSR count). The zero-order valence-electron chi connectivity index (χ0n) is 12.9. The fourth-order valence-electron chi connectivity index (χ4n) is 5.23. The fourth-order valence-corrected chi connectivity index (χ4v) is 5.23. The van der Waals surface area contributed by atoms with Crippen molar-refractivity contribution >= 4 is 5.97 Å². The van der Waals surface area contributed by atoms with E-state index >= 15 is 0 Å². The Kier molecular flexibility index (Phi) is 3.24. The minimum Gasteiger partial charge on any atom is -0.455 e. The van der Waals surface area contributed by atoms with Gasteiger partial charge in [0, 0.05) is 18.1 Å². The van der Waals surface area contributed by atoms with Crippen LogP contribution in [0.2, 0.25) is 0 Å². The molecule has 0 amide bonds. The molecule has 0 spiro atoms. The zero-order chi connectivity index (χ0) is 14.5. The first-order valence-corrected chi connectivity index (χ1v) is 7.93. The molecule has 0 aromatic rings. The Balaban J connectivity index is 1.91. The van der Waals surface area contributed by atoms with Crippen molar-refractivity contribution in [3.8, 4) is 0 Å². The van der Waals surface area contributed by atoms with Crippen LogP contribution < -0.4 is 0 Å². The van der Waals surface area contributed by atoms with Crippen molar-refractivity contribution in [1.82, 2.24) is 0 Å². The molecule has 0 aromatic heterocycles. The molecule has 3 atom stereocenters. The van der Waals surface area contributed by atoms with Gasteiger partial charge in [0.15, 0.2) is 0 Å². The molecule has 0 radical (unpaired) electrons. The topological polar surface area (TPSA) is 35.5 Å². The summed E-state index contributed by atoms with van der Waals surface area (Å²) in [6.45, 7) is 10.5. The lowest BCUT2D eigenvalue weighted by atomic mass is 9.48. The highest BCUT2D eigenvalue weighted by Crippen LogP contribution is 2.62. The number of ether oxygens (including phenoxy) is 2. The van der Waals surface area contributed by atoms with Gasteiger partial charge in [-0.3, -0.25) is 0 Å². The molecule has 112 valence electrons. The smallest absolute Gasteiger partial charge is 0.333 e. The van der Waals surface area contributed by atoms with E-state index < -0.39 is 0 Å². The Morgan fingerprint density at radius 3 is 2.25 bits per heavy atom. The molecule has 3 nitrogen and oxygen atoms in total. The van der Waals surface area contributed by atoms with Gasteiger partial charge in [-0.1, -0.05) is 13.5 Å². The molecule has 0 saturated heterocycles. The second-order valence-corrected chi connectivity index (χ2v) is 7.24. The van der Waals surface area contributed by atoms with Gasteiger partial charge in [0.05, 0.1) is 5.60 Å². The van der Waals surface area contributed by atoms with Crippen LogP contribution in [0.1, 0.15) is 52.9 Å². The van der Waals surface area contributed by atoms with Gasteiger partial charge in [-0.25, -0.2) is 4.79 Å². The molecule has 4 saturated carbocycles. The summed E-state index contributed by atoms with van der Waals surface area (Å²) in [6.07, 6.45) is 5.60. The van der Waals surface area contributed by atoms with Gasteiger partial charge < -0.3 is 9.47 Å². The van der Waals surface area contributed by atoms with Crippen molar-refractivity contribution in [3.63, 3.8) is 0 Å². The molecule has 0 aliphatic heterocycles. The molecule has 20 heavy (non-hydrogen) atoms. The van der Waals surface area contributed by atoms with Crippen molar-refractivity contribution in [2.75, 3.05) is 6.61 Å². The second kappa shape index (κ2) is 4.59. The average Bonchev–Trinajstić information content (AvgIpc) is 2.35. The standard InChI is InChI=1S/C17H26O3/c1-5-19-16-7-13-6-14(8-16)10-17(9-13,12(16)4)20-15(18)11(2)3/h12-14H,2,5-10H2,1,3-4H3. The van der Waals surface area contributed by atoms with Gasteiger partial charge in [-0.15, -0.1) is 0 Å². The Bertz CT molecular complexity index is 426. The number of hydrogen-bond acceptors (Lipinski definition) is 3. The van der Waals surface area contributed by atoms with E-state index in [1.54, 1.807) is 6.92 Å². The van der Waals surface area contributed by atoms with Crippen LogP contribution in [0.25, 0.3) is 0 Å². The summed E-state index contributed by atoms with van der Waals surface area (Å²) < 4.78 is 12.2. The quantitative estimate of drug-likeness (QED) is 0.583. The van der Waals surface area contributed by atoms with Crippen LogP contribution in [0.4, 0.5) is 0 Å². The number of rotatable bonds is 4. The lowest BCUT2D eigenvalue weighted by Crippen LogP contribution is -2.67. The molecule has 0 heterocycles. The predicted molar refractivity (Wildman–Crippen MR) is 77.2 cm³/mol. The summed E-state index contributed by atoms with van der Waals surface area (Å²) in [5.74, 6) is 1.36. The van der Waals surface area contributed by atoms with Gasteiger partial charge in [0.1, 0.15) is 5.60 Å². The van der Waals surface area contributed by atoms with Crippen LogP contribution in [0.15, 0.2) is 12.2 Å². The highest BCUT2D eigenvalue weighted by atomic mass is 16.6. The molecular weight excluding hydrogens is 252 g/mol. The van der Waals surface area contributed by atoms with Gasteiger partial charge in [-0.2, -0.15) is 0 Å². The summed E-state index contributed by atoms with van der Waals surface area (Å²) in [6, 6.07) is 0. The molecule has 4 aliphatic carbocycles. The molecule has 4 bridgehead atoms. The first kappa shape index (κ1) is 14.1. The van der Waals surface area contributed by atoms with Gasteiger partial charge in [0.25, 0.3) is 0 Å². The lowest BCUT2D eigenvalue weighted by Gasteiger charge is -2.64. The van der Waals surface area contributed by atoms with Crippen molar-refractivity contribution in [2.45, 2.75) is 64.1 Å². The summed E-state index contributed by atoms with van der Waals surface area (Å²) in [5.41, 5.74) is 0.127. The van der Waals surface area contributed by atoms with Gasteiger partial charge in [-0.05, 0) is 57.8 Å². The maximum Gasteiger partial charge on any atom is 0.333 e. The van der Waals surface area contributed by atoms with E-state index in [0.717, 1.165) is 32.3 Å². The van der Waals surface area contributed by atoms with E-state index in [-0.39, 0.29) is 23.1 Å². The zero-order valence-corrected chi connectivity index (χ0v) is 12.9. The summed E-state index contributed by atoms with van der Waals surface area (Å²) >= 11 is 0.